The smallest absolute Gasteiger partial charge is 0.330 e. The van der Waals surface area contributed by atoms with Gasteiger partial charge < -0.3 is 63.1 Å². The second-order valence-electron chi connectivity index (χ2n) is 17.5. The maximum atomic E-state index is 12.5. The summed E-state index contributed by atoms with van der Waals surface area (Å²) in [6.07, 6.45) is 8.55. The van der Waals surface area contributed by atoms with Crippen LogP contribution in [-0.2, 0) is 52.5 Å². The molecule has 0 aliphatic heterocycles. The molecular weight excluding hydrogens is 1200 g/mol. The van der Waals surface area contributed by atoms with Gasteiger partial charge in [0.1, 0.15) is 94.2 Å². The minimum absolute atomic E-state index is 0. The molecule has 1 aliphatic carbocycles. The molecule has 4 aromatic carbocycles. The van der Waals surface area contributed by atoms with E-state index in [2.05, 4.69) is 82.1 Å². The van der Waals surface area contributed by atoms with Crippen molar-refractivity contribution in [3.05, 3.63) is 184 Å². The molecular formula is C75H120O19. The molecule has 0 saturated heterocycles. The quantitative estimate of drug-likeness (QED) is 0.0187. The largest absolute Gasteiger partial charge is 0.491 e. The third kappa shape index (κ3) is 63.6. The van der Waals surface area contributed by atoms with Crippen LogP contribution < -0.4 is 18.9 Å². The Hall–Kier alpha value is -8.52. The fraction of sp³-hybridized carbons (Fsp3) is 0.467. The lowest BCUT2D eigenvalue weighted by molar-refractivity contribution is -0.167. The zero-order chi connectivity index (χ0) is 71.2. The van der Waals surface area contributed by atoms with Gasteiger partial charge in [0.25, 0.3) is 0 Å². The lowest BCUT2D eigenvalue weighted by Gasteiger charge is -2.26. The molecule has 0 saturated carbocycles. The van der Waals surface area contributed by atoms with Crippen molar-refractivity contribution in [3.63, 3.8) is 0 Å². The van der Waals surface area contributed by atoms with Gasteiger partial charge in [0, 0.05) is 24.3 Å². The van der Waals surface area contributed by atoms with Crippen molar-refractivity contribution in [1.82, 2.24) is 0 Å². The maximum Gasteiger partial charge on any atom is 0.330 e. The Kier molecular flexibility index (Phi) is 83.2. The van der Waals surface area contributed by atoms with E-state index in [1.54, 1.807) is 72.8 Å². The third-order valence-electron chi connectivity index (χ3n) is 9.40. The van der Waals surface area contributed by atoms with Crippen molar-refractivity contribution >= 4 is 35.8 Å². The number of ether oxygens (including phenoxy) is 9. The molecule has 534 valence electrons. The van der Waals surface area contributed by atoms with Crippen LogP contribution in [0, 0.1) is 11.8 Å². The molecule has 0 heterocycles. The van der Waals surface area contributed by atoms with E-state index < -0.39 is 72.1 Å². The number of hydrogen-bond acceptors (Lipinski definition) is 18. The van der Waals surface area contributed by atoms with Gasteiger partial charge in [-0.2, -0.15) is 0 Å². The van der Waals surface area contributed by atoms with Gasteiger partial charge in [-0.3, -0.25) is 9.59 Å². The molecule has 6 unspecified atom stereocenters. The number of hydrogen-bond donors (Lipinski definition) is 4. The Morgan fingerprint density at radius 2 is 0.617 bits per heavy atom. The molecule has 6 atom stereocenters. The number of para-hydroxylation sites is 4. The zero-order valence-corrected chi connectivity index (χ0v) is 57.4. The molecule has 4 N–H and O–H groups in total. The average molecular weight is 1330 g/mol. The van der Waals surface area contributed by atoms with Crippen LogP contribution >= 0.6 is 0 Å². The van der Waals surface area contributed by atoms with Crippen LogP contribution in [0.5, 0.6) is 23.0 Å². The molecule has 19 heteroatoms. The fourth-order valence-corrected chi connectivity index (χ4v) is 5.64. The van der Waals surface area contributed by atoms with Crippen molar-refractivity contribution < 1.29 is 91.8 Å². The molecule has 0 aromatic heterocycles. The number of carbonyl (C=O) groups excluding carboxylic acids is 5. The number of rotatable bonds is 27. The number of carboxylic acid groups (broad SMARTS) is 1. The first-order valence-electron chi connectivity index (χ1n) is 31.4. The number of carboxylic acids is 1. The molecule has 94 heavy (non-hydrogen) atoms. The summed E-state index contributed by atoms with van der Waals surface area (Å²) < 4.78 is 45.7. The predicted octanol–water partition coefficient (Wildman–Crippen LogP) is 15.5. The first-order valence-corrected chi connectivity index (χ1v) is 31.4. The summed E-state index contributed by atoms with van der Waals surface area (Å²) in [6, 6.07) is 36.2. The highest BCUT2D eigenvalue weighted by molar-refractivity contribution is 5.83. The van der Waals surface area contributed by atoms with E-state index >= 15 is 0 Å². The summed E-state index contributed by atoms with van der Waals surface area (Å²) in [5.74, 6) is -3.09. The van der Waals surface area contributed by atoms with E-state index in [9.17, 15) is 49.2 Å². The average Bonchev–Trinajstić information content (AvgIpc) is 0.929. The van der Waals surface area contributed by atoms with Crippen LogP contribution in [0.25, 0.3) is 0 Å². The Balaban J connectivity index is -0.000000164. The highest BCUT2D eigenvalue weighted by atomic mass is 16.6. The normalized spacial score (nSPS) is 12.4. The SMILES string of the molecule is C.C.C=CC(=O)OCC(COc1ccccc1)OC(=O)C1CC=CCC1C(=O)O.C=CC(=O)OCC(O)COc1ccccc1.C=CC(=O)OCC(O)COc1ccccc1.C=CC(=O)OCC(O)COc1ccccc1.CC.CC.CC.CC.CCC.CCC.CCC. The van der Waals surface area contributed by atoms with Crippen LogP contribution in [-0.4, -0.2) is 134 Å². The summed E-state index contributed by atoms with van der Waals surface area (Å²) in [7, 11) is 0. The molecule has 0 fully saturated rings. The number of aliphatic hydroxyl groups excluding tert-OH is 3. The Labute approximate surface area is 565 Å². The first kappa shape index (κ1) is 102. The van der Waals surface area contributed by atoms with E-state index in [0.29, 0.717) is 23.0 Å². The summed E-state index contributed by atoms with van der Waals surface area (Å²) in [4.78, 5) is 67.3. The fourth-order valence-electron chi connectivity index (χ4n) is 5.64. The minimum Gasteiger partial charge on any atom is -0.491 e. The van der Waals surface area contributed by atoms with E-state index in [1.165, 1.54) is 19.3 Å². The van der Waals surface area contributed by atoms with Crippen molar-refractivity contribution in [1.29, 1.82) is 0 Å². The molecule has 4 aromatic rings. The van der Waals surface area contributed by atoms with Crippen molar-refractivity contribution in [3.8, 4) is 23.0 Å². The molecule has 19 nitrogen and oxygen atoms in total. The second-order valence-corrected chi connectivity index (χ2v) is 17.5. The maximum absolute atomic E-state index is 12.5. The van der Waals surface area contributed by atoms with Gasteiger partial charge in [0.2, 0.25) is 0 Å². The number of aliphatic carboxylic acids is 1. The zero-order valence-electron chi connectivity index (χ0n) is 57.4. The monoisotopic (exact) mass is 1320 g/mol. The van der Waals surface area contributed by atoms with Gasteiger partial charge in [0.15, 0.2) is 6.10 Å². The molecule has 0 spiro atoms. The van der Waals surface area contributed by atoms with Gasteiger partial charge in [-0.25, -0.2) is 19.2 Å². The van der Waals surface area contributed by atoms with E-state index in [0.717, 1.165) is 24.3 Å². The van der Waals surface area contributed by atoms with Crippen molar-refractivity contribution in [2.45, 2.75) is 168 Å². The van der Waals surface area contributed by atoms with Gasteiger partial charge in [0.05, 0.1) is 11.8 Å². The summed E-state index contributed by atoms with van der Waals surface area (Å²) in [5.41, 5.74) is 0. The standard InChI is InChI=1S/C20H22O7.3C12H14O4.3C3H8.4C2H6.2CH4/c1-2-18(21)26-13-15(12-25-14-8-4-3-5-9-14)27-20(24)17-11-7-6-10-16(17)19(22)23;3*1-2-12(14)16-9-10(13)8-15-11-6-4-3-5-7-11;3*1-3-2;4*1-2;;/h2-9,15-17H,1,10-13H2,(H,22,23);3*2-7,10,13H,1,8-9H2;3*3H2,1-2H3;4*1-2H3;2*1H4. The Morgan fingerprint density at radius 3 is 0.851 bits per heavy atom. The summed E-state index contributed by atoms with van der Waals surface area (Å²) in [6.45, 7) is 41.5. The third-order valence-corrected chi connectivity index (χ3v) is 9.40. The number of benzene rings is 4. The van der Waals surface area contributed by atoms with Crippen LogP contribution in [0.1, 0.15) is 144 Å². The first-order chi connectivity index (χ1) is 44.4. The number of esters is 5. The number of aliphatic hydroxyl groups is 3. The lowest BCUT2D eigenvalue weighted by Crippen LogP contribution is -2.37. The highest BCUT2D eigenvalue weighted by Crippen LogP contribution is 2.28. The van der Waals surface area contributed by atoms with Crippen molar-refractivity contribution in [2.24, 2.45) is 11.8 Å². The Morgan fingerprint density at radius 1 is 0.394 bits per heavy atom. The van der Waals surface area contributed by atoms with Crippen LogP contribution in [0.15, 0.2) is 184 Å². The molecule has 1 aliphatic rings. The highest BCUT2D eigenvalue weighted by Gasteiger charge is 2.36. The Bertz CT molecular complexity index is 2230. The molecule has 0 bridgehead atoms. The topological polar surface area (TPSA) is 266 Å². The molecule has 0 radical (unpaired) electrons. The van der Waals surface area contributed by atoms with Gasteiger partial charge in [-0.1, -0.05) is 242 Å². The van der Waals surface area contributed by atoms with Crippen LogP contribution in [0.4, 0.5) is 0 Å². The minimum atomic E-state index is -1.04. The summed E-state index contributed by atoms with van der Waals surface area (Å²) in [5, 5.41) is 37.6. The van der Waals surface area contributed by atoms with Crippen LogP contribution in [0.2, 0.25) is 0 Å². The molecule has 5 rings (SSSR count). The van der Waals surface area contributed by atoms with E-state index in [-0.39, 0.29) is 80.6 Å². The van der Waals surface area contributed by atoms with Gasteiger partial charge in [-0.05, 0) is 61.4 Å². The lowest BCUT2D eigenvalue weighted by atomic mass is 9.83. The predicted molar refractivity (Wildman–Crippen MR) is 380 cm³/mol. The number of allylic oxidation sites excluding steroid dienone is 2. The number of carbonyl (C=O) groups is 6. The van der Waals surface area contributed by atoms with Gasteiger partial charge in [-0.15, -0.1) is 0 Å². The van der Waals surface area contributed by atoms with Crippen molar-refractivity contribution in [2.75, 3.05) is 52.9 Å². The second kappa shape index (κ2) is 76.9. The summed E-state index contributed by atoms with van der Waals surface area (Å²) >= 11 is 0. The van der Waals surface area contributed by atoms with Gasteiger partial charge >= 0.3 is 35.8 Å². The van der Waals surface area contributed by atoms with E-state index in [1.807, 2.05) is 116 Å². The molecule has 0 amide bonds. The van der Waals surface area contributed by atoms with E-state index in [4.69, 9.17) is 28.4 Å². The van der Waals surface area contributed by atoms with Crippen LogP contribution in [0.3, 0.4) is 0 Å².